The van der Waals surface area contributed by atoms with Gasteiger partial charge in [-0.25, -0.2) is 9.13 Å². The summed E-state index contributed by atoms with van der Waals surface area (Å²) in [5.74, 6) is -1.56. The van der Waals surface area contributed by atoms with Crippen LogP contribution in [0.2, 0.25) is 0 Å². The minimum Gasteiger partial charge on any atom is -0.463 e. The third-order valence-electron chi connectivity index (χ3n) is 15.4. The van der Waals surface area contributed by atoms with Gasteiger partial charge in [0.25, 0.3) is 0 Å². The molecule has 4 N–H and O–H groups in total. The molecule has 0 aromatic heterocycles. The lowest BCUT2D eigenvalue weighted by Crippen LogP contribution is -2.30. The van der Waals surface area contributed by atoms with Crippen LogP contribution in [-0.2, 0) is 55.8 Å². The molecular formula is C73H132O16P2. The number of esters is 3. The summed E-state index contributed by atoms with van der Waals surface area (Å²) in [5, 5.41) is 20.6. The third kappa shape index (κ3) is 68.2. The second-order valence-corrected chi connectivity index (χ2v) is 27.3. The van der Waals surface area contributed by atoms with E-state index in [4.69, 9.17) is 32.3 Å². The van der Waals surface area contributed by atoms with Gasteiger partial charge in [0.15, 0.2) is 6.10 Å². The Hall–Kier alpha value is -3.01. The van der Waals surface area contributed by atoms with Gasteiger partial charge in [-0.3, -0.25) is 32.5 Å². The lowest BCUT2D eigenvalue weighted by atomic mass is 10.0. The maximum Gasteiger partial charge on any atom is 0.472 e. The van der Waals surface area contributed by atoms with Crippen LogP contribution in [0.1, 0.15) is 316 Å². The molecule has 0 aliphatic heterocycles. The highest BCUT2D eigenvalue weighted by Crippen LogP contribution is 2.45. The first-order valence-electron chi connectivity index (χ1n) is 36.2. The third-order valence-corrected chi connectivity index (χ3v) is 17.3. The first-order valence-corrected chi connectivity index (χ1v) is 39.2. The number of ether oxygens (including phenoxy) is 3. The van der Waals surface area contributed by atoms with Crippen LogP contribution in [0.4, 0.5) is 0 Å². The fraction of sp³-hybridized carbons (Fsp3) is 0.795. The van der Waals surface area contributed by atoms with Crippen LogP contribution in [0.25, 0.3) is 0 Å². The van der Waals surface area contributed by atoms with E-state index in [1.165, 1.54) is 141 Å². The molecule has 0 aliphatic carbocycles. The molecular weight excluding hydrogens is 1190 g/mol. The van der Waals surface area contributed by atoms with Crippen molar-refractivity contribution in [2.24, 2.45) is 0 Å². The quantitative estimate of drug-likeness (QED) is 0.0146. The topological polar surface area (TPSA) is 231 Å². The Labute approximate surface area is 553 Å². The van der Waals surface area contributed by atoms with Gasteiger partial charge in [-0.1, -0.05) is 299 Å². The number of carbonyl (C=O) groups is 3. The van der Waals surface area contributed by atoms with Crippen LogP contribution in [0.3, 0.4) is 0 Å². The molecule has 0 rings (SSSR count). The minimum absolute atomic E-state index is 0.112. The van der Waals surface area contributed by atoms with Crippen molar-refractivity contribution in [2.45, 2.75) is 334 Å². The van der Waals surface area contributed by atoms with Crippen LogP contribution in [0.15, 0.2) is 72.9 Å². The van der Waals surface area contributed by atoms with Crippen molar-refractivity contribution in [1.82, 2.24) is 0 Å². The molecule has 0 aromatic carbocycles. The number of allylic oxidation sites excluding steroid dienone is 12. The van der Waals surface area contributed by atoms with Crippen molar-refractivity contribution in [3.8, 4) is 0 Å². The standard InChI is InChI=1S/C73H132O16P2/c1-4-7-10-13-16-19-22-24-26-27-28-29-30-31-32-33-34-35-36-37-38-39-41-43-45-47-50-53-56-59-71(76)83-62-68(74)63-85-90(79,80)86-64-69(75)65-87-91(81,82)88-67-70(89-73(78)61-58-55-52-49-44-21-18-15-12-9-6-3)66-84-72(77)60-57-54-51-48-46-42-40-25-23-20-17-14-11-8-5-2/h7,10,16,19,24,26,28-29,31-32,34-35,68-70,74-75H,4-6,8-9,11-15,17-18,20-23,25,27,30,33,36-67H2,1-3H3,(H,79,80)(H,81,82)/b10-7-,19-16-,26-24-,29-28-,32-31-,35-34-. The van der Waals surface area contributed by atoms with Gasteiger partial charge in [0.2, 0.25) is 0 Å². The molecule has 5 unspecified atom stereocenters. The Morgan fingerprint density at radius 2 is 0.582 bits per heavy atom. The number of phosphoric acid groups is 2. The number of rotatable bonds is 69. The van der Waals surface area contributed by atoms with E-state index in [1.54, 1.807) is 0 Å². The van der Waals surface area contributed by atoms with E-state index in [0.29, 0.717) is 19.3 Å². The van der Waals surface area contributed by atoms with Gasteiger partial charge < -0.3 is 34.2 Å². The van der Waals surface area contributed by atoms with Crippen LogP contribution >= 0.6 is 15.6 Å². The predicted octanol–water partition coefficient (Wildman–Crippen LogP) is 20.3. The number of aliphatic hydroxyl groups is 2. The highest BCUT2D eigenvalue weighted by molar-refractivity contribution is 7.47. The van der Waals surface area contributed by atoms with E-state index in [2.05, 4.69) is 93.7 Å². The molecule has 0 bridgehead atoms. The van der Waals surface area contributed by atoms with Crippen LogP contribution in [-0.4, -0.2) is 95.9 Å². The maximum absolute atomic E-state index is 12.9. The van der Waals surface area contributed by atoms with E-state index in [9.17, 15) is 43.5 Å². The van der Waals surface area contributed by atoms with Gasteiger partial charge in [-0.2, -0.15) is 0 Å². The van der Waals surface area contributed by atoms with Crippen molar-refractivity contribution >= 4 is 33.6 Å². The maximum atomic E-state index is 12.9. The number of hydrogen-bond acceptors (Lipinski definition) is 14. The molecule has 0 amide bonds. The van der Waals surface area contributed by atoms with E-state index < -0.39 is 91.5 Å². The molecule has 0 radical (unpaired) electrons. The van der Waals surface area contributed by atoms with Crippen molar-refractivity contribution in [3.63, 3.8) is 0 Å². The Morgan fingerprint density at radius 3 is 0.923 bits per heavy atom. The summed E-state index contributed by atoms with van der Waals surface area (Å²) in [6, 6.07) is 0. The summed E-state index contributed by atoms with van der Waals surface area (Å²) in [5.41, 5.74) is 0. The smallest absolute Gasteiger partial charge is 0.463 e. The molecule has 0 saturated carbocycles. The van der Waals surface area contributed by atoms with E-state index in [-0.39, 0.29) is 19.3 Å². The van der Waals surface area contributed by atoms with Gasteiger partial charge in [0.1, 0.15) is 25.4 Å². The summed E-state index contributed by atoms with van der Waals surface area (Å²) < 4.78 is 60.9. The molecule has 5 atom stereocenters. The minimum atomic E-state index is -4.91. The van der Waals surface area contributed by atoms with E-state index in [0.717, 1.165) is 116 Å². The molecule has 18 heteroatoms. The van der Waals surface area contributed by atoms with Crippen molar-refractivity contribution in [3.05, 3.63) is 72.9 Å². The van der Waals surface area contributed by atoms with Gasteiger partial charge in [-0.05, 0) is 70.6 Å². The van der Waals surface area contributed by atoms with E-state index >= 15 is 0 Å². The highest BCUT2D eigenvalue weighted by Gasteiger charge is 2.29. The van der Waals surface area contributed by atoms with Gasteiger partial charge in [-0.15, -0.1) is 0 Å². The van der Waals surface area contributed by atoms with Crippen molar-refractivity contribution in [1.29, 1.82) is 0 Å². The average molecular weight is 1330 g/mol. The second-order valence-electron chi connectivity index (χ2n) is 24.4. The first-order chi connectivity index (χ1) is 44.2. The number of unbranched alkanes of at least 4 members (excludes halogenated alkanes) is 34. The molecule has 91 heavy (non-hydrogen) atoms. The predicted molar refractivity (Wildman–Crippen MR) is 372 cm³/mol. The summed E-state index contributed by atoms with van der Waals surface area (Å²) in [4.78, 5) is 58.3. The first kappa shape index (κ1) is 88.0. The number of hydrogen-bond donors (Lipinski definition) is 4. The zero-order chi connectivity index (χ0) is 66.7. The lowest BCUT2D eigenvalue weighted by molar-refractivity contribution is -0.161. The summed E-state index contributed by atoms with van der Waals surface area (Å²) in [6.07, 6.45) is 71.1. The highest BCUT2D eigenvalue weighted by atomic mass is 31.2. The molecule has 0 spiro atoms. The van der Waals surface area contributed by atoms with Crippen LogP contribution < -0.4 is 0 Å². The summed E-state index contributed by atoms with van der Waals surface area (Å²) in [7, 11) is -9.76. The normalized spacial score (nSPS) is 14.6. The van der Waals surface area contributed by atoms with Crippen molar-refractivity contribution in [2.75, 3.05) is 39.6 Å². The zero-order valence-electron chi connectivity index (χ0n) is 57.5. The number of aliphatic hydroxyl groups excluding tert-OH is 2. The molecule has 0 heterocycles. The summed E-state index contributed by atoms with van der Waals surface area (Å²) >= 11 is 0. The fourth-order valence-electron chi connectivity index (χ4n) is 9.93. The Morgan fingerprint density at radius 1 is 0.319 bits per heavy atom. The molecule has 530 valence electrons. The zero-order valence-corrected chi connectivity index (χ0v) is 59.3. The Bertz CT molecular complexity index is 1950. The van der Waals surface area contributed by atoms with E-state index in [1.807, 2.05) is 0 Å². The summed E-state index contributed by atoms with van der Waals surface area (Å²) in [6.45, 7) is 2.58. The van der Waals surface area contributed by atoms with Gasteiger partial charge in [0.05, 0.1) is 26.4 Å². The molecule has 0 fully saturated rings. The fourth-order valence-corrected chi connectivity index (χ4v) is 11.5. The Balaban J connectivity index is 4.40. The van der Waals surface area contributed by atoms with Gasteiger partial charge in [0, 0.05) is 19.3 Å². The largest absolute Gasteiger partial charge is 0.472 e. The molecule has 16 nitrogen and oxygen atoms in total. The number of carbonyl (C=O) groups excluding carboxylic acids is 3. The Kier molecular flexibility index (Phi) is 64.8. The van der Waals surface area contributed by atoms with Crippen molar-refractivity contribution < 1.29 is 75.8 Å². The lowest BCUT2D eigenvalue weighted by Gasteiger charge is -2.21. The average Bonchev–Trinajstić information content (AvgIpc) is 3.72. The van der Waals surface area contributed by atoms with Crippen LogP contribution in [0, 0.1) is 0 Å². The monoisotopic (exact) mass is 1330 g/mol. The number of phosphoric ester groups is 2. The van der Waals surface area contributed by atoms with Gasteiger partial charge >= 0.3 is 33.6 Å². The SMILES string of the molecule is CC/C=C\C/C=C\C/C=C\C/C=C\C/C=C\C/C=C\CCCCCCCCCCCCC(=O)OCC(O)COP(=O)(O)OCC(O)COP(=O)(O)OCC(COC(=O)CCCCCCCCCCCCCCCCC)OC(=O)CCCCCCCCCCCCC. The second kappa shape index (κ2) is 67.0. The molecule has 0 saturated heterocycles. The molecule has 0 aromatic rings. The molecule has 0 aliphatic rings. The van der Waals surface area contributed by atoms with Crippen LogP contribution in [0.5, 0.6) is 0 Å².